The first-order valence-electron chi connectivity index (χ1n) is 30.7. The summed E-state index contributed by atoms with van der Waals surface area (Å²) in [5, 5.41) is 0. The van der Waals surface area contributed by atoms with Crippen molar-refractivity contribution in [3.63, 3.8) is 0 Å². The van der Waals surface area contributed by atoms with E-state index < -0.39 is 6.10 Å². The molecule has 0 heterocycles. The van der Waals surface area contributed by atoms with Gasteiger partial charge in [0, 0.05) is 19.3 Å². The maximum atomic E-state index is 12.9. The summed E-state index contributed by atoms with van der Waals surface area (Å²) in [5.74, 6) is -0.989. The van der Waals surface area contributed by atoms with Crippen LogP contribution in [0, 0.1) is 0 Å². The second-order valence-corrected chi connectivity index (χ2v) is 20.2. The van der Waals surface area contributed by atoms with E-state index in [-0.39, 0.29) is 37.5 Å². The van der Waals surface area contributed by atoms with Gasteiger partial charge in [0.25, 0.3) is 0 Å². The zero-order valence-corrected chi connectivity index (χ0v) is 47.9. The lowest BCUT2D eigenvalue weighted by Crippen LogP contribution is -2.30. The summed E-state index contributed by atoms with van der Waals surface area (Å²) in [6.07, 6.45) is 81.3. The molecule has 0 spiro atoms. The van der Waals surface area contributed by atoms with Crippen molar-refractivity contribution >= 4 is 17.9 Å². The molecule has 73 heavy (non-hydrogen) atoms. The Kier molecular flexibility index (Phi) is 57.8. The Balaban J connectivity index is 4.48. The predicted octanol–water partition coefficient (Wildman–Crippen LogP) is 20.9. The quantitative estimate of drug-likeness (QED) is 0.0261. The van der Waals surface area contributed by atoms with Crippen molar-refractivity contribution in [3.05, 3.63) is 97.2 Å². The first-order chi connectivity index (χ1) is 36.0. The van der Waals surface area contributed by atoms with Crippen LogP contribution in [-0.2, 0) is 28.6 Å². The van der Waals surface area contributed by atoms with Gasteiger partial charge in [0.05, 0.1) is 0 Å². The third-order valence-corrected chi connectivity index (χ3v) is 13.1. The smallest absolute Gasteiger partial charge is 0.306 e. The molecule has 0 aliphatic carbocycles. The summed E-state index contributed by atoms with van der Waals surface area (Å²) >= 11 is 0. The van der Waals surface area contributed by atoms with Crippen LogP contribution in [-0.4, -0.2) is 37.2 Å². The van der Waals surface area contributed by atoms with Gasteiger partial charge < -0.3 is 14.2 Å². The van der Waals surface area contributed by atoms with Gasteiger partial charge >= 0.3 is 17.9 Å². The zero-order chi connectivity index (χ0) is 52.9. The van der Waals surface area contributed by atoms with Crippen molar-refractivity contribution in [3.8, 4) is 0 Å². The number of carbonyl (C=O) groups is 3. The number of ether oxygens (including phenoxy) is 3. The summed E-state index contributed by atoms with van der Waals surface area (Å²) in [6.45, 7) is 6.46. The molecule has 0 saturated heterocycles. The summed E-state index contributed by atoms with van der Waals surface area (Å²) in [5.41, 5.74) is 0. The fourth-order valence-electron chi connectivity index (χ4n) is 8.50. The van der Waals surface area contributed by atoms with Crippen LogP contribution in [0.2, 0.25) is 0 Å². The fraction of sp³-hybridized carbons (Fsp3) is 0.716. The minimum Gasteiger partial charge on any atom is -0.462 e. The third-order valence-electron chi connectivity index (χ3n) is 13.1. The lowest BCUT2D eigenvalue weighted by atomic mass is 10.0. The average Bonchev–Trinajstić information content (AvgIpc) is 3.39. The molecule has 0 aliphatic rings. The Labute approximate surface area is 451 Å². The molecule has 0 aromatic heterocycles. The van der Waals surface area contributed by atoms with Gasteiger partial charge in [-0.25, -0.2) is 0 Å². The van der Waals surface area contributed by atoms with Crippen LogP contribution in [0.3, 0.4) is 0 Å². The molecule has 0 amide bonds. The molecule has 0 saturated carbocycles. The molecule has 0 aromatic carbocycles. The molecule has 418 valence electrons. The van der Waals surface area contributed by atoms with Crippen LogP contribution >= 0.6 is 0 Å². The number of carbonyl (C=O) groups excluding carboxylic acids is 3. The van der Waals surface area contributed by atoms with Crippen LogP contribution in [0.1, 0.15) is 290 Å². The molecular weight excluding hydrogens is 901 g/mol. The van der Waals surface area contributed by atoms with Crippen molar-refractivity contribution in [1.82, 2.24) is 0 Å². The molecule has 0 aliphatic heterocycles. The van der Waals surface area contributed by atoms with Crippen LogP contribution in [0.4, 0.5) is 0 Å². The minimum absolute atomic E-state index is 0.102. The molecular formula is C67H114O6. The van der Waals surface area contributed by atoms with Gasteiger partial charge in [0.15, 0.2) is 6.10 Å². The first kappa shape index (κ1) is 69.3. The van der Waals surface area contributed by atoms with E-state index in [4.69, 9.17) is 14.2 Å². The number of allylic oxidation sites excluding steroid dienone is 16. The Morgan fingerprint density at radius 2 is 0.562 bits per heavy atom. The molecule has 0 rings (SSSR count). The van der Waals surface area contributed by atoms with Crippen molar-refractivity contribution in [2.45, 2.75) is 297 Å². The highest BCUT2D eigenvalue weighted by Gasteiger charge is 2.19. The number of esters is 3. The van der Waals surface area contributed by atoms with E-state index in [0.29, 0.717) is 19.3 Å². The van der Waals surface area contributed by atoms with Crippen LogP contribution in [0.25, 0.3) is 0 Å². The first-order valence-corrected chi connectivity index (χ1v) is 30.7. The van der Waals surface area contributed by atoms with Crippen molar-refractivity contribution in [2.24, 2.45) is 0 Å². The fourth-order valence-corrected chi connectivity index (χ4v) is 8.50. The van der Waals surface area contributed by atoms with Crippen LogP contribution in [0.5, 0.6) is 0 Å². The molecule has 0 aromatic rings. The van der Waals surface area contributed by atoms with Gasteiger partial charge in [0.2, 0.25) is 0 Å². The van der Waals surface area contributed by atoms with E-state index in [1.807, 2.05) is 6.08 Å². The monoisotopic (exact) mass is 1010 g/mol. The van der Waals surface area contributed by atoms with Crippen LogP contribution < -0.4 is 0 Å². The van der Waals surface area contributed by atoms with Crippen molar-refractivity contribution in [1.29, 1.82) is 0 Å². The van der Waals surface area contributed by atoms with Gasteiger partial charge in [0.1, 0.15) is 13.2 Å². The summed E-state index contributed by atoms with van der Waals surface area (Å²) < 4.78 is 16.8. The topological polar surface area (TPSA) is 78.9 Å². The molecule has 0 fully saturated rings. The summed E-state index contributed by atoms with van der Waals surface area (Å²) in [4.78, 5) is 38.2. The second-order valence-electron chi connectivity index (χ2n) is 20.2. The molecule has 0 radical (unpaired) electrons. The zero-order valence-electron chi connectivity index (χ0n) is 47.9. The Morgan fingerprint density at radius 1 is 0.288 bits per heavy atom. The Hall–Kier alpha value is -3.67. The average molecular weight is 1020 g/mol. The molecule has 0 N–H and O–H groups in total. The van der Waals surface area contributed by atoms with E-state index in [9.17, 15) is 14.4 Å². The van der Waals surface area contributed by atoms with Crippen LogP contribution in [0.15, 0.2) is 97.2 Å². The Bertz CT molecular complexity index is 1440. The second kappa shape index (κ2) is 60.9. The minimum atomic E-state index is -0.813. The van der Waals surface area contributed by atoms with E-state index in [1.54, 1.807) is 0 Å². The number of unbranched alkanes of at least 4 members (excludes halogenated alkanes) is 28. The van der Waals surface area contributed by atoms with E-state index in [2.05, 4.69) is 112 Å². The molecule has 6 nitrogen and oxygen atoms in total. The van der Waals surface area contributed by atoms with Gasteiger partial charge in [-0.15, -0.1) is 0 Å². The lowest BCUT2D eigenvalue weighted by Gasteiger charge is -2.18. The predicted molar refractivity (Wildman–Crippen MR) is 316 cm³/mol. The number of hydrogen-bond acceptors (Lipinski definition) is 6. The lowest BCUT2D eigenvalue weighted by molar-refractivity contribution is -0.166. The van der Waals surface area contributed by atoms with Gasteiger partial charge in [-0.3, -0.25) is 14.4 Å². The normalized spacial score (nSPS) is 12.8. The summed E-state index contributed by atoms with van der Waals surface area (Å²) in [7, 11) is 0. The highest BCUT2D eigenvalue weighted by Crippen LogP contribution is 2.16. The molecule has 0 bridgehead atoms. The SMILES string of the molecule is CC/C=C\C/C=C\C/C=C\C/C=C\C/C=C\C/C=C\CCC(=O)OC[C@H](COC(=O)CCCCCCCCCCCCCCCCCCCCC)OC(=O)CCCCCCCCC/C=C\C/C=C\CCCCC. The highest BCUT2D eigenvalue weighted by molar-refractivity contribution is 5.71. The summed E-state index contributed by atoms with van der Waals surface area (Å²) in [6, 6.07) is 0. The molecule has 6 heteroatoms. The maximum absolute atomic E-state index is 12.9. The van der Waals surface area contributed by atoms with Gasteiger partial charge in [-0.2, -0.15) is 0 Å². The van der Waals surface area contributed by atoms with E-state index >= 15 is 0 Å². The largest absolute Gasteiger partial charge is 0.462 e. The van der Waals surface area contributed by atoms with Gasteiger partial charge in [-0.1, -0.05) is 279 Å². The number of hydrogen-bond donors (Lipinski definition) is 0. The standard InChI is InChI=1S/C67H114O6/c1-4-7-10-13-16-19-22-25-28-31-33-36-38-41-44-47-50-53-56-59-65(68)71-62-64(73-67(70)61-58-55-52-49-46-43-40-35-30-27-24-21-18-15-12-9-6-3)63-72-66(69)60-57-54-51-48-45-42-39-37-34-32-29-26-23-20-17-14-11-8-5-2/h7,10,16,18-19,21,25,27-28,30,33,36,41,44,50,53,64H,4-6,8-9,11-15,17,20,22-24,26,29,31-32,34-35,37-40,42-43,45-49,51-52,54-63H2,1-3H3/b10-7-,19-16-,21-18-,28-25-,30-27-,36-33-,44-41-,53-50-/t64-/m1/s1. The molecule has 0 unspecified atom stereocenters. The highest BCUT2D eigenvalue weighted by atomic mass is 16.6. The number of rotatable bonds is 55. The third kappa shape index (κ3) is 59.1. The van der Waals surface area contributed by atoms with E-state index in [0.717, 1.165) is 89.9 Å². The Morgan fingerprint density at radius 3 is 0.945 bits per heavy atom. The maximum Gasteiger partial charge on any atom is 0.306 e. The van der Waals surface area contributed by atoms with Gasteiger partial charge in [-0.05, 0) is 89.9 Å². The van der Waals surface area contributed by atoms with Crippen molar-refractivity contribution in [2.75, 3.05) is 13.2 Å². The molecule has 1 atom stereocenters. The van der Waals surface area contributed by atoms with E-state index in [1.165, 1.54) is 154 Å². The van der Waals surface area contributed by atoms with Crippen molar-refractivity contribution < 1.29 is 28.6 Å².